The smallest absolute Gasteiger partial charge is 0.0622 e. The molecule has 1 heteroatoms. The summed E-state index contributed by atoms with van der Waals surface area (Å²) in [5.74, 6) is 1.06. The molecule has 3 atom stereocenters. The number of hydrogen-bond acceptors (Lipinski definition) is 1. The molecule has 0 saturated heterocycles. The highest BCUT2D eigenvalue weighted by atomic mass is 16.3. The van der Waals surface area contributed by atoms with Gasteiger partial charge >= 0.3 is 0 Å². The summed E-state index contributed by atoms with van der Waals surface area (Å²) in [6, 6.07) is 0. The van der Waals surface area contributed by atoms with Gasteiger partial charge in [0.2, 0.25) is 0 Å². The standard InChI is InChI=1S/C20H34O/c1-15-7-6-8-16(2)11-13-20(5)14-12-17(19(3,4)21)18(20)10-9-15/h8-9,17-18,21H,6-7,10-14H2,1-5H3. The van der Waals surface area contributed by atoms with Crippen LogP contribution >= 0.6 is 0 Å². The number of fused-ring (bicyclic) bond motifs is 1. The molecule has 0 aromatic rings. The molecular formula is C20H34O. The summed E-state index contributed by atoms with van der Waals surface area (Å²) >= 11 is 0. The van der Waals surface area contributed by atoms with Gasteiger partial charge in [0.05, 0.1) is 5.60 Å². The molecular weight excluding hydrogens is 256 g/mol. The minimum absolute atomic E-state index is 0.390. The third kappa shape index (κ3) is 4.00. The number of hydrogen-bond donors (Lipinski definition) is 1. The molecule has 0 bridgehead atoms. The van der Waals surface area contributed by atoms with Crippen LogP contribution in [0.2, 0.25) is 0 Å². The normalized spacial score (nSPS) is 35.5. The van der Waals surface area contributed by atoms with Crippen LogP contribution < -0.4 is 0 Å². The SMILES string of the molecule is CC1=CCC2C(C(C)(C)O)CCC2(C)CCC(C)=CCC1. The van der Waals surface area contributed by atoms with Gasteiger partial charge in [0, 0.05) is 0 Å². The van der Waals surface area contributed by atoms with Crippen molar-refractivity contribution in [1.29, 1.82) is 0 Å². The number of rotatable bonds is 1. The summed E-state index contributed by atoms with van der Waals surface area (Å²) in [7, 11) is 0. The summed E-state index contributed by atoms with van der Waals surface area (Å²) in [6.45, 7) is 11.0. The summed E-state index contributed by atoms with van der Waals surface area (Å²) in [5, 5.41) is 10.6. The summed E-state index contributed by atoms with van der Waals surface area (Å²) in [5.41, 5.74) is 2.91. The second-order valence-corrected chi connectivity index (χ2v) is 8.43. The highest BCUT2D eigenvalue weighted by Crippen LogP contribution is 2.55. The minimum atomic E-state index is -0.546. The molecule has 1 N–H and O–H groups in total. The molecule has 0 aromatic carbocycles. The second kappa shape index (κ2) is 6.28. The Morgan fingerprint density at radius 3 is 2.43 bits per heavy atom. The van der Waals surface area contributed by atoms with E-state index in [1.807, 2.05) is 13.8 Å². The van der Waals surface area contributed by atoms with Crippen molar-refractivity contribution >= 4 is 0 Å². The Kier molecular flexibility index (Phi) is 5.03. The van der Waals surface area contributed by atoms with Gasteiger partial charge in [-0.05, 0) is 89.9 Å². The first-order chi connectivity index (χ1) is 9.72. The van der Waals surface area contributed by atoms with Gasteiger partial charge in [-0.25, -0.2) is 0 Å². The van der Waals surface area contributed by atoms with E-state index in [0.29, 0.717) is 17.3 Å². The van der Waals surface area contributed by atoms with Crippen molar-refractivity contribution in [1.82, 2.24) is 0 Å². The van der Waals surface area contributed by atoms with E-state index in [9.17, 15) is 5.11 Å². The molecule has 0 aromatic heterocycles. The monoisotopic (exact) mass is 290 g/mol. The van der Waals surface area contributed by atoms with E-state index >= 15 is 0 Å². The topological polar surface area (TPSA) is 20.2 Å². The Morgan fingerprint density at radius 2 is 1.76 bits per heavy atom. The fourth-order valence-corrected chi connectivity index (χ4v) is 4.52. The van der Waals surface area contributed by atoms with Crippen LogP contribution in [0.3, 0.4) is 0 Å². The van der Waals surface area contributed by atoms with E-state index in [0.717, 1.165) is 6.42 Å². The average molecular weight is 290 g/mol. The van der Waals surface area contributed by atoms with Gasteiger partial charge in [-0.1, -0.05) is 30.2 Å². The van der Waals surface area contributed by atoms with E-state index in [2.05, 4.69) is 32.9 Å². The highest BCUT2D eigenvalue weighted by molar-refractivity contribution is 5.10. The lowest BCUT2D eigenvalue weighted by Gasteiger charge is -2.38. The van der Waals surface area contributed by atoms with Crippen LogP contribution in [0.15, 0.2) is 23.3 Å². The molecule has 21 heavy (non-hydrogen) atoms. The number of allylic oxidation sites excluding steroid dienone is 4. The third-order valence-electron chi connectivity index (χ3n) is 6.16. The van der Waals surface area contributed by atoms with Gasteiger partial charge in [0.1, 0.15) is 0 Å². The van der Waals surface area contributed by atoms with Gasteiger partial charge in [-0.3, -0.25) is 0 Å². The summed E-state index contributed by atoms with van der Waals surface area (Å²) < 4.78 is 0. The fraction of sp³-hybridized carbons (Fsp3) is 0.800. The van der Waals surface area contributed by atoms with Crippen molar-refractivity contribution in [2.45, 2.75) is 85.2 Å². The lowest BCUT2D eigenvalue weighted by molar-refractivity contribution is -0.0146. The van der Waals surface area contributed by atoms with Crippen LogP contribution in [0.4, 0.5) is 0 Å². The van der Waals surface area contributed by atoms with E-state index in [1.54, 1.807) is 5.57 Å². The van der Waals surface area contributed by atoms with Crippen LogP contribution in [-0.2, 0) is 0 Å². The predicted octanol–water partition coefficient (Wildman–Crippen LogP) is 5.65. The Bertz CT molecular complexity index is 424. The molecule has 1 fully saturated rings. The number of aliphatic hydroxyl groups is 1. The van der Waals surface area contributed by atoms with Gasteiger partial charge in [-0.15, -0.1) is 0 Å². The van der Waals surface area contributed by atoms with E-state index in [1.165, 1.54) is 44.1 Å². The molecule has 1 nitrogen and oxygen atoms in total. The van der Waals surface area contributed by atoms with E-state index < -0.39 is 5.60 Å². The molecule has 3 unspecified atom stereocenters. The Labute approximate surface area is 131 Å². The van der Waals surface area contributed by atoms with Crippen LogP contribution in [0.1, 0.15) is 79.6 Å². The molecule has 0 radical (unpaired) electrons. The van der Waals surface area contributed by atoms with Gasteiger partial charge in [0.25, 0.3) is 0 Å². The molecule has 2 rings (SSSR count). The van der Waals surface area contributed by atoms with Crippen molar-refractivity contribution in [3.63, 3.8) is 0 Å². The maximum absolute atomic E-state index is 10.6. The highest BCUT2D eigenvalue weighted by Gasteiger charge is 2.48. The predicted molar refractivity (Wildman–Crippen MR) is 91.2 cm³/mol. The third-order valence-corrected chi connectivity index (χ3v) is 6.16. The van der Waals surface area contributed by atoms with Crippen molar-refractivity contribution in [3.05, 3.63) is 23.3 Å². The van der Waals surface area contributed by atoms with Gasteiger partial charge in [0.15, 0.2) is 0 Å². The summed E-state index contributed by atoms with van der Waals surface area (Å²) in [6.07, 6.45) is 13.4. The molecule has 0 amide bonds. The molecule has 2 aliphatic rings. The maximum Gasteiger partial charge on any atom is 0.0622 e. The van der Waals surface area contributed by atoms with E-state index in [4.69, 9.17) is 0 Å². The molecule has 2 aliphatic carbocycles. The quantitative estimate of drug-likeness (QED) is 0.619. The van der Waals surface area contributed by atoms with Crippen LogP contribution in [0.5, 0.6) is 0 Å². The van der Waals surface area contributed by atoms with Crippen molar-refractivity contribution in [3.8, 4) is 0 Å². The second-order valence-electron chi connectivity index (χ2n) is 8.43. The zero-order valence-corrected chi connectivity index (χ0v) is 14.7. The average Bonchev–Trinajstić information content (AvgIpc) is 2.70. The zero-order chi connectivity index (χ0) is 15.7. The molecule has 0 heterocycles. The molecule has 0 aliphatic heterocycles. The first-order valence-electron chi connectivity index (χ1n) is 8.76. The first-order valence-corrected chi connectivity index (χ1v) is 8.76. The van der Waals surface area contributed by atoms with Crippen molar-refractivity contribution < 1.29 is 5.11 Å². The van der Waals surface area contributed by atoms with Crippen molar-refractivity contribution in [2.75, 3.05) is 0 Å². The van der Waals surface area contributed by atoms with E-state index in [-0.39, 0.29) is 0 Å². The Morgan fingerprint density at radius 1 is 1.10 bits per heavy atom. The van der Waals surface area contributed by atoms with Gasteiger partial charge < -0.3 is 5.11 Å². The van der Waals surface area contributed by atoms with Gasteiger partial charge in [-0.2, -0.15) is 0 Å². The van der Waals surface area contributed by atoms with Crippen molar-refractivity contribution in [2.24, 2.45) is 17.3 Å². The Balaban J connectivity index is 2.28. The molecule has 120 valence electrons. The van der Waals surface area contributed by atoms with Crippen LogP contribution in [-0.4, -0.2) is 10.7 Å². The lowest BCUT2D eigenvalue weighted by atomic mass is 9.68. The Hall–Kier alpha value is -0.560. The lowest BCUT2D eigenvalue weighted by Crippen LogP contribution is -2.37. The molecule has 0 spiro atoms. The maximum atomic E-state index is 10.6. The fourth-order valence-electron chi connectivity index (χ4n) is 4.52. The van der Waals surface area contributed by atoms with Crippen LogP contribution in [0.25, 0.3) is 0 Å². The largest absolute Gasteiger partial charge is 0.390 e. The first kappa shape index (κ1) is 16.8. The summed E-state index contributed by atoms with van der Waals surface area (Å²) in [4.78, 5) is 0. The zero-order valence-electron chi connectivity index (χ0n) is 14.7. The van der Waals surface area contributed by atoms with Crippen LogP contribution in [0, 0.1) is 17.3 Å². The molecule has 1 saturated carbocycles. The minimum Gasteiger partial charge on any atom is -0.390 e.